The number of esters is 1. The van der Waals surface area contributed by atoms with Crippen LogP contribution >= 0.6 is 0 Å². The Morgan fingerprint density at radius 2 is 2.08 bits per heavy atom. The topological polar surface area (TPSA) is 104 Å². The van der Waals surface area contributed by atoms with Crippen molar-refractivity contribution in [1.29, 1.82) is 0 Å². The van der Waals surface area contributed by atoms with E-state index in [1.54, 1.807) is 0 Å². The van der Waals surface area contributed by atoms with Gasteiger partial charge in [-0.25, -0.2) is 4.79 Å². The molecule has 1 rings (SSSR count). The summed E-state index contributed by atoms with van der Waals surface area (Å²) in [6, 6.07) is 0. The van der Waals surface area contributed by atoms with Crippen LogP contribution in [0.25, 0.3) is 0 Å². The average molecular weight is 176 g/mol. The van der Waals surface area contributed by atoms with Crippen molar-refractivity contribution in [3.8, 4) is 0 Å². The molecule has 6 heteroatoms. The molecule has 0 radical (unpaired) electrons. The van der Waals surface area contributed by atoms with E-state index in [1.165, 1.54) is 0 Å². The van der Waals surface area contributed by atoms with E-state index in [2.05, 4.69) is 4.74 Å². The minimum atomic E-state index is -1.69. The standard InChI is InChI=1S/C6H8O6/c7-1-2(8)5-3(9)4(10)6(11)12-5/h3-5,7,9-10H,1H2/t3-,4+,5-/m1/s1. The number of Topliss-reactive ketones (excluding diaryl/α,β-unsaturated/α-hetero) is 1. The maximum atomic E-state index is 10.7. The number of aliphatic hydroxyl groups is 3. The normalized spacial score (nSPS) is 34.9. The lowest BCUT2D eigenvalue weighted by Gasteiger charge is -2.09. The number of hydrogen-bond acceptors (Lipinski definition) is 6. The van der Waals surface area contributed by atoms with Crippen LogP contribution in [0.3, 0.4) is 0 Å². The van der Waals surface area contributed by atoms with Crippen LogP contribution < -0.4 is 0 Å². The van der Waals surface area contributed by atoms with E-state index in [9.17, 15) is 9.59 Å². The summed E-state index contributed by atoms with van der Waals surface area (Å²) in [4.78, 5) is 21.3. The number of carbonyl (C=O) groups excluding carboxylic acids is 2. The predicted molar refractivity (Wildman–Crippen MR) is 34.0 cm³/mol. The zero-order valence-electron chi connectivity index (χ0n) is 6.01. The SMILES string of the molecule is O=C1O[C@H](C(=O)CO)[C@H](O)[C@@H]1O. The summed E-state index contributed by atoms with van der Waals surface area (Å²) in [6.07, 6.45) is -4.69. The number of carbonyl (C=O) groups is 2. The molecular formula is C6H8O6. The molecule has 0 aromatic heterocycles. The maximum Gasteiger partial charge on any atom is 0.338 e. The Hall–Kier alpha value is -0.980. The molecule has 1 heterocycles. The van der Waals surface area contributed by atoms with Gasteiger partial charge in [-0.3, -0.25) is 4.79 Å². The first-order chi connectivity index (χ1) is 5.57. The van der Waals surface area contributed by atoms with Gasteiger partial charge in [0, 0.05) is 0 Å². The third-order valence-corrected chi connectivity index (χ3v) is 1.59. The van der Waals surface area contributed by atoms with Gasteiger partial charge in [0.25, 0.3) is 0 Å². The summed E-state index contributed by atoms with van der Waals surface area (Å²) in [5.41, 5.74) is 0. The molecule has 0 aromatic rings. The molecule has 0 bridgehead atoms. The first-order valence-corrected chi connectivity index (χ1v) is 3.28. The van der Waals surface area contributed by atoms with Crippen molar-refractivity contribution in [2.24, 2.45) is 0 Å². The average Bonchev–Trinajstić information content (AvgIpc) is 2.32. The Labute approximate surface area is 67.4 Å². The van der Waals surface area contributed by atoms with E-state index in [4.69, 9.17) is 15.3 Å². The molecule has 1 aliphatic heterocycles. The highest BCUT2D eigenvalue weighted by atomic mass is 16.6. The van der Waals surface area contributed by atoms with Crippen molar-refractivity contribution in [3.05, 3.63) is 0 Å². The van der Waals surface area contributed by atoms with Gasteiger partial charge in [0.15, 0.2) is 12.2 Å². The molecule has 0 aromatic carbocycles. The molecule has 3 atom stereocenters. The Morgan fingerprint density at radius 3 is 2.42 bits per heavy atom. The minimum absolute atomic E-state index is 0.826. The number of cyclic esters (lactones) is 1. The van der Waals surface area contributed by atoms with E-state index >= 15 is 0 Å². The predicted octanol–water partition coefficient (Wildman–Crippen LogP) is -2.81. The van der Waals surface area contributed by atoms with Gasteiger partial charge in [-0.1, -0.05) is 0 Å². The smallest absolute Gasteiger partial charge is 0.338 e. The third-order valence-electron chi connectivity index (χ3n) is 1.59. The summed E-state index contributed by atoms with van der Waals surface area (Å²) in [6.45, 7) is -0.832. The van der Waals surface area contributed by atoms with Gasteiger partial charge in [-0.15, -0.1) is 0 Å². The van der Waals surface area contributed by atoms with Crippen molar-refractivity contribution >= 4 is 11.8 Å². The Bertz CT molecular complexity index is 212. The van der Waals surface area contributed by atoms with E-state index in [0.29, 0.717) is 0 Å². The van der Waals surface area contributed by atoms with Gasteiger partial charge in [0.2, 0.25) is 5.78 Å². The van der Waals surface area contributed by atoms with E-state index in [-0.39, 0.29) is 0 Å². The van der Waals surface area contributed by atoms with Crippen LogP contribution in [0, 0.1) is 0 Å². The zero-order valence-corrected chi connectivity index (χ0v) is 6.01. The molecule has 0 amide bonds. The van der Waals surface area contributed by atoms with Crippen LogP contribution in [-0.2, 0) is 14.3 Å². The molecule has 1 aliphatic rings. The largest absolute Gasteiger partial charge is 0.449 e. The second-order valence-corrected chi connectivity index (χ2v) is 2.42. The second kappa shape index (κ2) is 3.18. The summed E-state index contributed by atoms with van der Waals surface area (Å²) >= 11 is 0. The summed E-state index contributed by atoms with van der Waals surface area (Å²) in [5, 5.41) is 26.2. The van der Waals surface area contributed by atoms with Crippen LogP contribution in [0.15, 0.2) is 0 Å². The van der Waals surface area contributed by atoms with Gasteiger partial charge >= 0.3 is 5.97 Å². The van der Waals surface area contributed by atoms with E-state index in [1.807, 2.05) is 0 Å². The van der Waals surface area contributed by atoms with Crippen LogP contribution in [-0.4, -0.2) is 52.0 Å². The molecular weight excluding hydrogens is 168 g/mol. The van der Waals surface area contributed by atoms with Crippen LogP contribution in [0.5, 0.6) is 0 Å². The van der Waals surface area contributed by atoms with Gasteiger partial charge < -0.3 is 20.1 Å². The molecule has 0 saturated carbocycles. The van der Waals surface area contributed by atoms with Gasteiger partial charge in [-0.2, -0.15) is 0 Å². The molecule has 6 nitrogen and oxygen atoms in total. The lowest BCUT2D eigenvalue weighted by atomic mass is 10.1. The van der Waals surface area contributed by atoms with Crippen molar-refractivity contribution in [1.82, 2.24) is 0 Å². The molecule has 0 unspecified atom stereocenters. The highest BCUT2D eigenvalue weighted by Crippen LogP contribution is 2.16. The summed E-state index contributed by atoms with van der Waals surface area (Å²) in [5.74, 6) is -1.87. The van der Waals surface area contributed by atoms with Crippen molar-refractivity contribution in [3.63, 3.8) is 0 Å². The van der Waals surface area contributed by atoms with Gasteiger partial charge in [-0.05, 0) is 0 Å². The molecule has 1 fully saturated rings. The van der Waals surface area contributed by atoms with Crippen molar-refractivity contribution < 1.29 is 29.6 Å². The van der Waals surface area contributed by atoms with Crippen molar-refractivity contribution in [2.75, 3.05) is 6.61 Å². The molecule has 68 valence electrons. The molecule has 12 heavy (non-hydrogen) atoms. The molecule has 0 aliphatic carbocycles. The van der Waals surface area contributed by atoms with E-state index < -0.39 is 36.7 Å². The van der Waals surface area contributed by atoms with Crippen LogP contribution in [0.4, 0.5) is 0 Å². The summed E-state index contributed by atoms with van der Waals surface area (Å²) in [7, 11) is 0. The number of ketones is 1. The monoisotopic (exact) mass is 176 g/mol. The number of rotatable bonds is 2. The first kappa shape index (κ1) is 9.11. The lowest BCUT2D eigenvalue weighted by molar-refractivity contribution is -0.152. The fraction of sp³-hybridized carbons (Fsp3) is 0.667. The Morgan fingerprint density at radius 1 is 1.50 bits per heavy atom. The molecule has 3 N–H and O–H groups in total. The number of ether oxygens (including phenoxy) is 1. The zero-order chi connectivity index (χ0) is 9.30. The Kier molecular flexibility index (Phi) is 2.41. The van der Waals surface area contributed by atoms with E-state index in [0.717, 1.165) is 0 Å². The quantitative estimate of drug-likeness (QED) is 0.392. The fourth-order valence-electron chi connectivity index (χ4n) is 0.916. The van der Waals surface area contributed by atoms with Crippen LogP contribution in [0.1, 0.15) is 0 Å². The molecule has 1 saturated heterocycles. The maximum absolute atomic E-state index is 10.7. The molecule has 0 spiro atoms. The number of aliphatic hydroxyl groups excluding tert-OH is 3. The highest BCUT2D eigenvalue weighted by molar-refractivity contribution is 5.91. The number of hydrogen-bond donors (Lipinski definition) is 3. The minimum Gasteiger partial charge on any atom is -0.449 e. The summed E-state index contributed by atoms with van der Waals surface area (Å²) < 4.78 is 4.29. The Balaban J connectivity index is 2.70. The first-order valence-electron chi connectivity index (χ1n) is 3.28. The second-order valence-electron chi connectivity index (χ2n) is 2.42. The highest BCUT2D eigenvalue weighted by Gasteiger charge is 2.45. The fourth-order valence-corrected chi connectivity index (χ4v) is 0.916. The van der Waals surface area contributed by atoms with Gasteiger partial charge in [0.05, 0.1) is 0 Å². The third kappa shape index (κ3) is 1.31. The lowest BCUT2D eigenvalue weighted by Crippen LogP contribution is -2.37. The van der Waals surface area contributed by atoms with Crippen molar-refractivity contribution in [2.45, 2.75) is 18.3 Å². The van der Waals surface area contributed by atoms with Crippen LogP contribution in [0.2, 0.25) is 0 Å². The van der Waals surface area contributed by atoms with Gasteiger partial charge in [0.1, 0.15) is 12.7 Å².